The van der Waals surface area contributed by atoms with E-state index in [4.69, 9.17) is 30.3 Å². The van der Waals surface area contributed by atoms with E-state index < -0.39 is 40.8 Å². The number of hydroxylamine groups is 2. The Morgan fingerprint density at radius 3 is 2.42 bits per heavy atom. The first kappa shape index (κ1) is 25.3. The van der Waals surface area contributed by atoms with Crippen LogP contribution >= 0.6 is 11.6 Å². The summed E-state index contributed by atoms with van der Waals surface area (Å²) in [4.78, 5) is 76.6. The van der Waals surface area contributed by atoms with Crippen LogP contribution in [0.5, 0.6) is 5.75 Å². The number of imide groups is 1. The summed E-state index contributed by atoms with van der Waals surface area (Å²) < 4.78 is 15.4. The molecule has 0 N–H and O–H groups in total. The van der Waals surface area contributed by atoms with Crippen LogP contribution in [0.15, 0.2) is 32.6 Å². The van der Waals surface area contributed by atoms with E-state index in [2.05, 4.69) is 5.18 Å². The number of rotatable bonds is 7. The Morgan fingerprint density at radius 1 is 1.14 bits per heavy atom. The maximum Gasteiger partial charge on any atom is 0.342 e. The van der Waals surface area contributed by atoms with Crippen molar-refractivity contribution in [2.75, 3.05) is 6.79 Å². The van der Waals surface area contributed by atoms with Crippen molar-refractivity contribution in [3.63, 3.8) is 0 Å². The largest absolute Gasteiger partial charge is 0.456 e. The third kappa shape index (κ3) is 4.94. The van der Waals surface area contributed by atoms with Crippen molar-refractivity contribution in [2.45, 2.75) is 51.0 Å². The van der Waals surface area contributed by atoms with E-state index in [-0.39, 0.29) is 67.2 Å². The first-order chi connectivity index (χ1) is 17.1. The fraction of sp³-hybridized carbons (Fsp3) is 0.435. The van der Waals surface area contributed by atoms with Crippen molar-refractivity contribution in [1.29, 1.82) is 0 Å². The summed E-state index contributed by atoms with van der Waals surface area (Å²) in [5.74, 6) is -3.02. The van der Waals surface area contributed by atoms with E-state index in [1.807, 2.05) is 0 Å². The second-order valence-corrected chi connectivity index (χ2v) is 8.96. The molecule has 0 unspecified atom stereocenters. The fourth-order valence-corrected chi connectivity index (χ4v) is 4.52. The van der Waals surface area contributed by atoms with Gasteiger partial charge in [-0.05, 0) is 37.8 Å². The number of hydrogen-bond acceptors (Lipinski definition) is 11. The smallest absolute Gasteiger partial charge is 0.342 e. The molecule has 1 aliphatic heterocycles. The Morgan fingerprint density at radius 2 is 1.81 bits per heavy atom. The minimum Gasteiger partial charge on any atom is -0.456 e. The number of esters is 1. The summed E-state index contributed by atoms with van der Waals surface area (Å²) in [6, 6.07) is 4.30. The van der Waals surface area contributed by atoms with Gasteiger partial charge in [-0.15, -0.1) is 9.97 Å². The van der Waals surface area contributed by atoms with Gasteiger partial charge in [0.2, 0.25) is 6.79 Å². The SMILES string of the molecule is CC(=O)OCOc1cc2oc(=O)c(C3(N=O)CCC(C(=O)ON4C(=O)CCC4=O)CC3)cc2cc1Cl. The highest BCUT2D eigenvalue weighted by atomic mass is 35.5. The highest BCUT2D eigenvalue weighted by molar-refractivity contribution is 6.32. The predicted molar refractivity (Wildman–Crippen MR) is 121 cm³/mol. The van der Waals surface area contributed by atoms with E-state index in [0.717, 1.165) is 0 Å². The minimum atomic E-state index is -1.44. The average molecular weight is 521 g/mol. The number of benzene rings is 1. The zero-order valence-electron chi connectivity index (χ0n) is 19.1. The molecule has 2 heterocycles. The average Bonchev–Trinajstić information content (AvgIpc) is 3.16. The summed E-state index contributed by atoms with van der Waals surface area (Å²) in [6.07, 6.45) is 0.342. The first-order valence-electron chi connectivity index (χ1n) is 11.1. The van der Waals surface area contributed by atoms with Gasteiger partial charge in [-0.3, -0.25) is 14.4 Å². The van der Waals surface area contributed by atoms with Gasteiger partial charge in [0.15, 0.2) is 0 Å². The van der Waals surface area contributed by atoms with Gasteiger partial charge in [0, 0.05) is 31.2 Å². The lowest BCUT2D eigenvalue weighted by Gasteiger charge is -2.33. The molecule has 13 heteroatoms. The summed E-state index contributed by atoms with van der Waals surface area (Å²) in [5.41, 5.74) is -2.08. The molecule has 190 valence electrons. The van der Waals surface area contributed by atoms with Gasteiger partial charge in [0.1, 0.15) is 16.9 Å². The van der Waals surface area contributed by atoms with Crippen molar-refractivity contribution in [3.8, 4) is 5.75 Å². The Kier molecular flexibility index (Phi) is 7.07. The zero-order valence-corrected chi connectivity index (χ0v) is 19.9. The van der Waals surface area contributed by atoms with Gasteiger partial charge in [-0.1, -0.05) is 16.8 Å². The molecule has 1 saturated heterocycles. The van der Waals surface area contributed by atoms with Crippen molar-refractivity contribution >= 4 is 46.3 Å². The molecule has 0 radical (unpaired) electrons. The van der Waals surface area contributed by atoms with E-state index in [0.29, 0.717) is 10.4 Å². The lowest BCUT2D eigenvalue weighted by Crippen LogP contribution is -2.39. The van der Waals surface area contributed by atoms with Gasteiger partial charge < -0.3 is 18.7 Å². The molecule has 2 aliphatic rings. The summed E-state index contributed by atoms with van der Waals surface area (Å²) in [7, 11) is 0. The molecular weight excluding hydrogens is 500 g/mol. The second kappa shape index (κ2) is 10.1. The van der Waals surface area contributed by atoms with Crippen LogP contribution in [0.1, 0.15) is 51.0 Å². The summed E-state index contributed by atoms with van der Waals surface area (Å²) in [6.45, 7) is 0.833. The maximum absolute atomic E-state index is 12.8. The number of carbonyl (C=O) groups excluding carboxylic acids is 4. The van der Waals surface area contributed by atoms with Crippen molar-refractivity contribution in [1.82, 2.24) is 5.06 Å². The second-order valence-electron chi connectivity index (χ2n) is 8.56. The molecule has 2 fully saturated rings. The van der Waals surface area contributed by atoms with E-state index in [9.17, 15) is 28.9 Å². The Labute approximate surface area is 208 Å². The molecule has 0 atom stereocenters. The van der Waals surface area contributed by atoms with Crippen molar-refractivity contribution in [3.05, 3.63) is 44.1 Å². The number of ether oxygens (including phenoxy) is 2. The van der Waals surface area contributed by atoms with E-state index in [1.165, 1.54) is 25.1 Å². The third-order valence-corrected chi connectivity index (χ3v) is 6.57. The lowest BCUT2D eigenvalue weighted by atomic mass is 9.73. The monoisotopic (exact) mass is 520 g/mol. The molecule has 1 saturated carbocycles. The lowest BCUT2D eigenvalue weighted by molar-refractivity contribution is -0.201. The molecular formula is C23H21ClN2O10. The van der Waals surface area contributed by atoms with Crippen LogP contribution in [0.2, 0.25) is 5.02 Å². The van der Waals surface area contributed by atoms with E-state index in [1.54, 1.807) is 0 Å². The highest BCUT2D eigenvalue weighted by Crippen LogP contribution is 2.43. The Bertz CT molecular complexity index is 1300. The minimum absolute atomic E-state index is 0.0173. The summed E-state index contributed by atoms with van der Waals surface area (Å²) >= 11 is 6.24. The standard InChI is InChI=1S/C23H21ClN2O10/c1-12(27)33-11-34-18-10-17-14(9-16(18)24)8-15(22(31)35-17)23(25-32)6-4-13(5-7-23)21(30)36-26-19(28)2-3-20(26)29/h8-10,13H,2-7,11H2,1H3. The van der Waals surface area contributed by atoms with Crippen molar-refractivity contribution < 1.29 is 37.9 Å². The fourth-order valence-electron chi connectivity index (χ4n) is 4.29. The van der Waals surface area contributed by atoms with Crippen LogP contribution in [0.4, 0.5) is 0 Å². The molecule has 2 aromatic rings. The van der Waals surface area contributed by atoms with E-state index >= 15 is 0 Å². The van der Waals surface area contributed by atoms with Crippen LogP contribution < -0.4 is 10.4 Å². The quantitative estimate of drug-likeness (QED) is 0.174. The summed E-state index contributed by atoms with van der Waals surface area (Å²) in [5, 5.41) is 4.29. The van der Waals surface area contributed by atoms with Crippen LogP contribution in [0.3, 0.4) is 0 Å². The molecule has 1 aliphatic carbocycles. The number of hydrogen-bond donors (Lipinski definition) is 0. The zero-order chi connectivity index (χ0) is 26.0. The number of carbonyl (C=O) groups is 4. The highest BCUT2D eigenvalue weighted by Gasteiger charge is 2.44. The van der Waals surface area contributed by atoms with Crippen LogP contribution in [-0.4, -0.2) is 35.6 Å². The van der Waals surface area contributed by atoms with Gasteiger partial charge in [-0.25, -0.2) is 9.59 Å². The molecule has 2 amide bonds. The molecule has 1 aromatic heterocycles. The number of fused-ring (bicyclic) bond motifs is 1. The van der Waals surface area contributed by atoms with Gasteiger partial charge in [0.25, 0.3) is 11.8 Å². The van der Waals surface area contributed by atoms with Crippen LogP contribution in [0.25, 0.3) is 11.0 Å². The molecule has 12 nitrogen and oxygen atoms in total. The predicted octanol–water partition coefficient (Wildman–Crippen LogP) is 3.10. The third-order valence-electron chi connectivity index (χ3n) is 6.27. The number of nitrogens with zero attached hydrogens (tertiary/aromatic N) is 2. The maximum atomic E-state index is 12.8. The molecule has 0 bridgehead atoms. The van der Waals surface area contributed by atoms with Gasteiger partial charge in [-0.2, -0.15) is 0 Å². The normalized spacial score (nSPS) is 21.9. The molecule has 36 heavy (non-hydrogen) atoms. The molecule has 4 rings (SSSR count). The molecule has 0 spiro atoms. The number of amides is 2. The van der Waals surface area contributed by atoms with Crippen LogP contribution in [0, 0.1) is 10.8 Å². The van der Waals surface area contributed by atoms with Gasteiger partial charge in [0.05, 0.1) is 16.5 Å². The molecule has 1 aromatic carbocycles. The topological polar surface area (TPSA) is 159 Å². The number of nitroso groups, excluding NO2 is 1. The first-order valence-corrected chi connectivity index (χ1v) is 11.5. The van der Waals surface area contributed by atoms with Crippen LogP contribution in [-0.2, 0) is 34.3 Å². The number of halogens is 1. The van der Waals surface area contributed by atoms with Crippen molar-refractivity contribution in [2.24, 2.45) is 11.1 Å². The van der Waals surface area contributed by atoms with Gasteiger partial charge >= 0.3 is 17.6 Å². The Hall–Kier alpha value is -3.80. The Balaban J connectivity index is 1.52.